The number of anilines is 3. The number of carbonyl (C=O) groups is 1. The summed E-state index contributed by atoms with van der Waals surface area (Å²) in [6.45, 7) is 2.30. The topological polar surface area (TPSA) is 88.6 Å². The number of nitrogens with one attached hydrogen (secondary N) is 2. The molecule has 4 rings (SSSR count). The number of likely N-dealkylation sites (tertiary alicyclic amines) is 1. The first-order valence-electron chi connectivity index (χ1n) is 10.5. The van der Waals surface area contributed by atoms with Crippen LogP contribution < -0.4 is 20.1 Å². The van der Waals surface area contributed by atoms with E-state index in [1.807, 2.05) is 47.4 Å². The Balaban J connectivity index is 1.59. The lowest BCUT2D eigenvalue weighted by atomic mass is 10.2. The number of aromatic nitrogens is 2. The molecule has 0 atom stereocenters. The van der Waals surface area contributed by atoms with Crippen LogP contribution in [0.1, 0.15) is 19.3 Å². The first kappa shape index (κ1) is 20.7. The van der Waals surface area contributed by atoms with E-state index in [1.165, 1.54) is 0 Å². The van der Waals surface area contributed by atoms with Crippen molar-refractivity contribution in [1.82, 2.24) is 14.9 Å². The van der Waals surface area contributed by atoms with Gasteiger partial charge in [0.15, 0.2) is 11.5 Å². The maximum absolute atomic E-state index is 11.8. The Bertz CT molecular complexity index is 1060. The summed E-state index contributed by atoms with van der Waals surface area (Å²) in [5.74, 6) is 2.67. The van der Waals surface area contributed by atoms with E-state index in [-0.39, 0.29) is 5.91 Å². The number of carbonyl (C=O) groups excluding carboxylic acids is 1. The minimum atomic E-state index is 0.249. The number of para-hydroxylation sites is 1. The molecule has 0 radical (unpaired) electrons. The van der Waals surface area contributed by atoms with Gasteiger partial charge in [-0.25, -0.2) is 4.98 Å². The van der Waals surface area contributed by atoms with Crippen LogP contribution in [-0.4, -0.2) is 54.6 Å². The van der Waals surface area contributed by atoms with E-state index in [0.717, 1.165) is 42.5 Å². The van der Waals surface area contributed by atoms with Crippen molar-refractivity contribution in [2.24, 2.45) is 0 Å². The van der Waals surface area contributed by atoms with Crippen molar-refractivity contribution in [2.75, 3.05) is 44.5 Å². The summed E-state index contributed by atoms with van der Waals surface area (Å²) in [4.78, 5) is 23.1. The number of hydrogen-bond acceptors (Lipinski definition) is 7. The lowest BCUT2D eigenvalue weighted by molar-refractivity contribution is -0.127. The van der Waals surface area contributed by atoms with Crippen LogP contribution in [-0.2, 0) is 4.79 Å². The van der Waals surface area contributed by atoms with Crippen molar-refractivity contribution < 1.29 is 14.3 Å². The van der Waals surface area contributed by atoms with Gasteiger partial charge < -0.3 is 25.0 Å². The van der Waals surface area contributed by atoms with E-state index in [1.54, 1.807) is 14.2 Å². The van der Waals surface area contributed by atoms with Gasteiger partial charge in [0.1, 0.15) is 5.82 Å². The van der Waals surface area contributed by atoms with Crippen molar-refractivity contribution in [1.29, 1.82) is 0 Å². The second-order valence-electron chi connectivity index (χ2n) is 7.38. The molecule has 1 aliphatic heterocycles. The van der Waals surface area contributed by atoms with Gasteiger partial charge in [0.25, 0.3) is 0 Å². The molecular formula is C23H27N5O3. The lowest BCUT2D eigenvalue weighted by Gasteiger charge is -2.17. The molecule has 1 fully saturated rings. The van der Waals surface area contributed by atoms with Gasteiger partial charge in [-0.3, -0.25) is 4.79 Å². The number of methoxy groups -OCH3 is 2. The number of ether oxygens (including phenoxy) is 2. The zero-order valence-corrected chi connectivity index (χ0v) is 17.9. The normalized spacial score (nSPS) is 13.5. The largest absolute Gasteiger partial charge is 0.493 e. The van der Waals surface area contributed by atoms with E-state index in [2.05, 4.69) is 15.6 Å². The fraction of sp³-hybridized carbons (Fsp3) is 0.348. The van der Waals surface area contributed by atoms with Gasteiger partial charge in [-0.2, -0.15) is 4.98 Å². The van der Waals surface area contributed by atoms with Crippen LogP contribution >= 0.6 is 0 Å². The molecule has 0 saturated carbocycles. The van der Waals surface area contributed by atoms with Crippen molar-refractivity contribution in [3.63, 3.8) is 0 Å². The number of rotatable bonds is 9. The van der Waals surface area contributed by atoms with Gasteiger partial charge in [-0.15, -0.1) is 0 Å². The molecule has 162 valence electrons. The quantitative estimate of drug-likeness (QED) is 0.508. The fourth-order valence-corrected chi connectivity index (χ4v) is 3.71. The fourth-order valence-electron chi connectivity index (χ4n) is 3.71. The van der Waals surface area contributed by atoms with Gasteiger partial charge in [0.2, 0.25) is 11.9 Å². The minimum absolute atomic E-state index is 0.249. The van der Waals surface area contributed by atoms with Crippen LogP contribution in [0, 0.1) is 0 Å². The first-order valence-corrected chi connectivity index (χ1v) is 10.5. The minimum Gasteiger partial charge on any atom is -0.493 e. The first-order chi connectivity index (χ1) is 15.2. The van der Waals surface area contributed by atoms with Crippen LogP contribution in [0.25, 0.3) is 10.9 Å². The molecule has 2 aromatic carbocycles. The number of hydrogen-bond donors (Lipinski definition) is 2. The molecule has 3 aromatic rings. The Kier molecular flexibility index (Phi) is 6.35. The van der Waals surface area contributed by atoms with E-state index in [9.17, 15) is 4.79 Å². The highest BCUT2D eigenvalue weighted by molar-refractivity contribution is 5.93. The zero-order valence-electron chi connectivity index (χ0n) is 17.9. The van der Waals surface area contributed by atoms with Gasteiger partial charge in [-0.1, -0.05) is 18.2 Å². The highest BCUT2D eigenvalue weighted by Crippen LogP contribution is 2.35. The molecule has 8 heteroatoms. The Morgan fingerprint density at radius 3 is 2.55 bits per heavy atom. The Hall–Kier alpha value is -3.55. The zero-order chi connectivity index (χ0) is 21.6. The summed E-state index contributed by atoms with van der Waals surface area (Å²) in [5.41, 5.74) is 1.64. The van der Waals surface area contributed by atoms with Crippen molar-refractivity contribution in [3.05, 3.63) is 42.5 Å². The third-order valence-corrected chi connectivity index (χ3v) is 5.30. The predicted octanol–water partition coefficient (Wildman–Crippen LogP) is 3.82. The van der Waals surface area contributed by atoms with E-state index >= 15 is 0 Å². The number of benzene rings is 2. The lowest BCUT2D eigenvalue weighted by Crippen LogP contribution is -2.27. The molecule has 1 aromatic heterocycles. The smallest absolute Gasteiger partial charge is 0.229 e. The standard InChI is InChI=1S/C23H27N5O3/c1-30-19-14-17-18(15-20(19)31-2)26-23(25-16-8-4-3-5-9-16)27-22(17)24-11-7-13-28-12-6-10-21(28)29/h3-5,8-9,14-15H,6-7,10-13H2,1-2H3,(H2,24,25,26,27). The molecule has 8 nitrogen and oxygen atoms in total. The average molecular weight is 422 g/mol. The van der Waals surface area contributed by atoms with Gasteiger partial charge in [0, 0.05) is 43.2 Å². The van der Waals surface area contributed by atoms with Crippen molar-refractivity contribution in [3.8, 4) is 11.5 Å². The van der Waals surface area contributed by atoms with Gasteiger partial charge in [0.05, 0.1) is 19.7 Å². The summed E-state index contributed by atoms with van der Waals surface area (Å²) in [5, 5.41) is 7.51. The molecule has 1 aliphatic rings. The van der Waals surface area contributed by atoms with Crippen molar-refractivity contribution in [2.45, 2.75) is 19.3 Å². The average Bonchev–Trinajstić information content (AvgIpc) is 3.21. The molecule has 0 aliphatic carbocycles. The number of fused-ring (bicyclic) bond motifs is 1. The second-order valence-corrected chi connectivity index (χ2v) is 7.38. The summed E-state index contributed by atoms with van der Waals surface area (Å²) in [6.07, 6.45) is 2.46. The SMILES string of the molecule is COc1cc2nc(Nc3ccccc3)nc(NCCCN3CCCC3=O)c2cc1OC. The van der Waals surface area contributed by atoms with Crippen LogP contribution in [0.15, 0.2) is 42.5 Å². The molecule has 1 amide bonds. The van der Waals surface area contributed by atoms with Crippen LogP contribution in [0.3, 0.4) is 0 Å². The summed E-state index contributed by atoms with van der Waals surface area (Å²) >= 11 is 0. The molecular weight excluding hydrogens is 394 g/mol. The summed E-state index contributed by atoms with van der Waals surface area (Å²) in [7, 11) is 3.21. The van der Waals surface area contributed by atoms with E-state index in [0.29, 0.717) is 36.2 Å². The monoisotopic (exact) mass is 421 g/mol. The molecule has 0 unspecified atom stereocenters. The van der Waals surface area contributed by atoms with Gasteiger partial charge >= 0.3 is 0 Å². The maximum atomic E-state index is 11.8. The maximum Gasteiger partial charge on any atom is 0.229 e. The molecule has 0 spiro atoms. The summed E-state index contributed by atoms with van der Waals surface area (Å²) in [6, 6.07) is 13.5. The molecule has 2 heterocycles. The van der Waals surface area contributed by atoms with E-state index < -0.39 is 0 Å². The van der Waals surface area contributed by atoms with E-state index in [4.69, 9.17) is 14.5 Å². The third kappa shape index (κ3) is 4.79. The molecule has 1 saturated heterocycles. The number of amides is 1. The van der Waals surface area contributed by atoms with Crippen LogP contribution in [0.5, 0.6) is 11.5 Å². The molecule has 31 heavy (non-hydrogen) atoms. The highest BCUT2D eigenvalue weighted by Gasteiger charge is 2.19. The molecule has 2 N–H and O–H groups in total. The Labute approximate surface area is 181 Å². The van der Waals surface area contributed by atoms with Crippen LogP contribution in [0.4, 0.5) is 17.5 Å². The third-order valence-electron chi connectivity index (χ3n) is 5.30. The Morgan fingerprint density at radius 2 is 1.84 bits per heavy atom. The van der Waals surface area contributed by atoms with Crippen LogP contribution in [0.2, 0.25) is 0 Å². The highest BCUT2D eigenvalue weighted by atomic mass is 16.5. The number of nitrogens with zero attached hydrogens (tertiary/aromatic N) is 3. The van der Waals surface area contributed by atoms with Gasteiger partial charge in [-0.05, 0) is 31.0 Å². The molecule has 0 bridgehead atoms. The predicted molar refractivity (Wildman–Crippen MR) is 121 cm³/mol. The van der Waals surface area contributed by atoms with Crippen molar-refractivity contribution >= 4 is 34.3 Å². The summed E-state index contributed by atoms with van der Waals surface area (Å²) < 4.78 is 10.9. The Morgan fingerprint density at radius 1 is 1.06 bits per heavy atom. The second kappa shape index (κ2) is 9.51.